The average molecular weight is 208 g/mol. The Morgan fingerprint density at radius 2 is 2.00 bits per heavy atom. The highest BCUT2D eigenvalue weighted by molar-refractivity contribution is 5.78. The van der Waals surface area contributed by atoms with Crippen molar-refractivity contribution in [2.75, 3.05) is 0 Å². The second-order valence-corrected chi connectivity index (χ2v) is 3.93. The van der Waals surface area contributed by atoms with Crippen molar-refractivity contribution >= 4 is 5.78 Å². The van der Waals surface area contributed by atoms with Crippen LogP contribution < -0.4 is 0 Å². The molecule has 0 amide bonds. The van der Waals surface area contributed by atoms with Gasteiger partial charge in [0.15, 0.2) is 0 Å². The van der Waals surface area contributed by atoms with E-state index in [-0.39, 0.29) is 23.2 Å². The molecule has 1 aromatic rings. The lowest BCUT2D eigenvalue weighted by Crippen LogP contribution is -2.09. The summed E-state index contributed by atoms with van der Waals surface area (Å²) in [4.78, 5) is 11.1. The fraction of sp³-hybridized carbons (Fsp3) is 0.417. The summed E-state index contributed by atoms with van der Waals surface area (Å²) >= 11 is 0. The molecule has 0 saturated carbocycles. The molecule has 0 aliphatic heterocycles. The van der Waals surface area contributed by atoms with Crippen molar-refractivity contribution in [3.8, 4) is 11.5 Å². The molecule has 0 aromatic heterocycles. The molecule has 1 unspecified atom stereocenters. The zero-order chi connectivity index (χ0) is 11.6. The van der Waals surface area contributed by atoms with Gasteiger partial charge in [0, 0.05) is 11.5 Å². The lowest BCUT2D eigenvalue weighted by Gasteiger charge is -2.11. The molecule has 82 valence electrons. The van der Waals surface area contributed by atoms with Crippen molar-refractivity contribution in [3.63, 3.8) is 0 Å². The van der Waals surface area contributed by atoms with Gasteiger partial charge in [-0.15, -0.1) is 0 Å². The second kappa shape index (κ2) is 4.34. The minimum Gasteiger partial charge on any atom is -0.508 e. The molecule has 0 aliphatic rings. The van der Waals surface area contributed by atoms with Crippen molar-refractivity contribution in [2.45, 2.75) is 27.2 Å². The summed E-state index contributed by atoms with van der Waals surface area (Å²) in [7, 11) is 0. The molecule has 2 N–H and O–H groups in total. The first-order valence-corrected chi connectivity index (χ1v) is 4.94. The topological polar surface area (TPSA) is 57.5 Å². The number of phenols is 2. The van der Waals surface area contributed by atoms with Crippen molar-refractivity contribution in [1.29, 1.82) is 0 Å². The van der Waals surface area contributed by atoms with Gasteiger partial charge in [-0.2, -0.15) is 0 Å². The molecule has 0 fully saturated rings. The first kappa shape index (κ1) is 11.6. The van der Waals surface area contributed by atoms with Crippen LogP contribution in [-0.4, -0.2) is 16.0 Å². The van der Waals surface area contributed by atoms with E-state index in [9.17, 15) is 15.0 Å². The predicted molar refractivity (Wildman–Crippen MR) is 58.1 cm³/mol. The van der Waals surface area contributed by atoms with E-state index in [1.54, 1.807) is 13.0 Å². The van der Waals surface area contributed by atoms with Crippen LogP contribution in [0.1, 0.15) is 25.0 Å². The van der Waals surface area contributed by atoms with E-state index in [4.69, 9.17) is 0 Å². The smallest absolute Gasteiger partial charge is 0.132 e. The third kappa shape index (κ3) is 2.49. The molecule has 3 heteroatoms. The van der Waals surface area contributed by atoms with Gasteiger partial charge in [0.2, 0.25) is 0 Å². The van der Waals surface area contributed by atoms with Crippen LogP contribution in [0.25, 0.3) is 0 Å². The zero-order valence-electron chi connectivity index (χ0n) is 9.24. The largest absolute Gasteiger partial charge is 0.508 e. The Morgan fingerprint density at radius 1 is 1.40 bits per heavy atom. The lowest BCUT2D eigenvalue weighted by molar-refractivity contribution is -0.120. The number of aromatic hydroxyl groups is 2. The number of carbonyl (C=O) groups excluding carboxylic acids is 1. The molecule has 0 aliphatic carbocycles. The third-order valence-corrected chi connectivity index (χ3v) is 2.71. The van der Waals surface area contributed by atoms with Gasteiger partial charge in [-0.25, -0.2) is 0 Å². The number of benzene rings is 1. The van der Waals surface area contributed by atoms with Crippen molar-refractivity contribution in [1.82, 2.24) is 0 Å². The van der Waals surface area contributed by atoms with Crippen LogP contribution in [0.3, 0.4) is 0 Å². The highest BCUT2D eigenvalue weighted by Gasteiger charge is 2.13. The van der Waals surface area contributed by atoms with Crippen LogP contribution in [0.5, 0.6) is 11.5 Å². The number of hydrogen-bond donors (Lipinski definition) is 2. The molecule has 1 atom stereocenters. The zero-order valence-corrected chi connectivity index (χ0v) is 9.24. The van der Waals surface area contributed by atoms with E-state index >= 15 is 0 Å². The number of Topliss-reactive ketones (excluding diaryl/α,β-unsaturated/α-hetero) is 1. The summed E-state index contributed by atoms with van der Waals surface area (Å²) < 4.78 is 0. The SMILES string of the molecule is CC(=O)C(C)Cc1ccc(O)c(C)c1O. The molecule has 3 nitrogen and oxygen atoms in total. The molecule has 0 spiro atoms. The molecule has 0 radical (unpaired) electrons. The normalized spacial score (nSPS) is 12.5. The maximum absolute atomic E-state index is 11.1. The van der Waals surface area contributed by atoms with Gasteiger partial charge in [-0.3, -0.25) is 4.79 Å². The molecule has 1 rings (SSSR count). The predicted octanol–water partition coefficient (Wildman–Crippen LogP) is 2.17. The van der Waals surface area contributed by atoms with Gasteiger partial charge < -0.3 is 10.2 Å². The summed E-state index contributed by atoms with van der Waals surface area (Å²) in [6, 6.07) is 3.19. The van der Waals surface area contributed by atoms with Crippen LogP contribution in [0.15, 0.2) is 12.1 Å². The number of carbonyl (C=O) groups is 1. The van der Waals surface area contributed by atoms with Crippen molar-refractivity contribution in [3.05, 3.63) is 23.3 Å². The van der Waals surface area contributed by atoms with E-state index in [0.717, 1.165) is 0 Å². The molecule has 0 bridgehead atoms. The summed E-state index contributed by atoms with van der Waals surface area (Å²) in [6.45, 7) is 5.01. The number of rotatable bonds is 3. The van der Waals surface area contributed by atoms with Crippen LogP contribution in [0.4, 0.5) is 0 Å². The van der Waals surface area contributed by atoms with Crippen LogP contribution in [0.2, 0.25) is 0 Å². The molecular formula is C12H16O3. The van der Waals surface area contributed by atoms with Gasteiger partial charge in [0.25, 0.3) is 0 Å². The van der Waals surface area contributed by atoms with Gasteiger partial charge in [-0.1, -0.05) is 13.0 Å². The average Bonchev–Trinajstić information content (AvgIpc) is 2.18. The maximum atomic E-state index is 11.1. The number of ketones is 1. The molecule has 0 saturated heterocycles. The van der Waals surface area contributed by atoms with Crippen LogP contribution in [0, 0.1) is 12.8 Å². The van der Waals surface area contributed by atoms with E-state index in [1.807, 2.05) is 6.92 Å². The Labute approximate surface area is 89.4 Å². The highest BCUT2D eigenvalue weighted by atomic mass is 16.3. The molecule has 1 aromatic carbocycles. The lowest BCUT2D eigenvalue weighted by atomic mass is 9.96. The van der Waals surface area contributed by atoms with Crippen molar-refractivity contribution < 1.29 is 15.0 Å². The van der Waals surface area contributed by atoms with Crippen LogP contribution in [-0.2, 0) is 11.2 Å². The highest BCUT2D eigenvalue weighted by Crippen LogP contribution is 2.30. The van der Waals surface area contributed by atoms with Gasteiger partial charge in [-0.05, 0) is 31.9 Å². The van der Waals surface area contributed by atoms with E-state index < -0.39 is 0 Å². The summed E-state index contributed by atoms with van der Waals surface area (Å²) in [5.74, 6) is 0.148. The Bertz CT molecular complexity index is 383. The third-order valence-electron chi connectivity index (χ3n) is 2.71. The van der Waals surface area contributed by atoms with Gasteiger partial charge in [0.05, 0.1) is 0 Å². The summed E-state index contributed by atoms with van der Waals surface area (Å²) in [6.07, 6.45) is 0.502. The summed E-state index contributed by atoms with van der Waals surface area (Å²) in [5, 5.41) is 19.1. The van der Waals surface area contributed by atoms with E-state index in [2.05, 4.69) is 0 Å². The Morgan fingerprint density at radius 3 is 2.53 bits per heavy atom. The van der Waals surface area contributed by atoms with E-state index in [0.29, 0.717) is 17.5 Å². The van der Waals surface area contributed by atoms with Gasteiger partial charge >= 0.3 is 0 Å². The maximum Gasteiger partial charge on any atom is 0.132 e. The second-order valence-electron chi connectivity index (χ2n) is 3.93. The summed E-state index contributed by atoms with van der Waals surface area (Å²) in [5.41, 5.74) is 1.16. The number of phenolic OH excluding ortho intramolecular Hbond substituents is 2. The standard InChI is InChI=1S/C12H16O3/c1-7(9(3)13)6-10-4-5-11(14)8(2)12(10)15/h4-5,7,14-15H,6H2,1-3H3. The Balaban J connectivity index is 2.97. The van der Waals surface area contributed by atoms with E-state index in [1.165, 1.54) is 13.0 Å². The monoisotopic (exact) mass is 208 g/mol. The van der Waals surface area contributed by atoms with Gasteiger partial charge in [0.1, 0.15) is 17.3 Å². The fourth-order valence-corrected chi connectivity index (χ4v) is 1.38. The fourth-order valence-electron chi connectivity index (χ4n) is 1.38. The Kier molecular flexibility index (Phi) is 3.35. The quantitative estimate of drug-likeness (QED) is 0.800. The molecule has 0 heterocycles. The minimum atomic E-state index is -0.111. The Hall–Kier alpha value is -1.51. The number of hydrogen-bond acceptors (Lipinski definition) is 3. The van der Waals surface area contributed by atoms with Crippen molar-refractivity contribution in [2.24, 2.45) is 5.92 Å². The molecule has 15 heavy (non-hydrogen) atoms. The van der Waals surface area contributed by atoms with Crippen LogP contribution >= 0.6 is 0 Å². The first-order valence-electron chi connectivity index (χ1n) is 4.94. The minimum absolute atomic E-state index is 0.0757. The first-order chi connectivity index (χ1) is 6.93. The molecular weight excluding hydrogens is 192 g/mol.